The molecule has 0 spiro atoms. The van der Waals surface area contributed by atoms with Crippen molar-refractivity contribution in [2.24, 2.45) is 0 Å². The van der Waals surface area contributed by atoms with Gasteiger partial charge in [0.25, 0.3) is 0 Å². The largest absolute Gasteiger partial charge is 0.354 e. The van der Waals surface area contributed by atoms with Gasteiger partial charge in [0.2, 0.25) is 5.95 Å². The van der Waals surface area contributed by atoms with Crippen molar-refractivity contribution in [3.8, 4) is 22.6 Å². The van der Waals surface area contributed by atoms with E-state index in [1.165, 1.54) is 23.3 Å². The van der Waals surface area contributed by atoms with Gasteiger partial charge in [-0.25, -0.2) is 19.3 Å². The molecule has 0 bridgehead atoms. The molecule has 0 saturated carbocycles. The Morgan fingerprint density at radius 1 is 1.11 bits per heavy atom. The Morgan fingerprint density at radius 3 is 2.71 bits per heavy atom. The highest BCUT2D eigenvalue weighted by Crippen LogP contribution is 2.39. The van der Waals surface area contributed by atoms with Crippen LogP contribution in [0.3, 0.4) is 0 Å². The fourth-order valence-electron chi connectivity index (χ4n) is 4.98. The van der Waals surface area contributed by atoms with Gasteiger partial charge in [-0.1, -0.05) is 29.8 Å². The SMILES string of the molecule is CCNc1nccc(-c2c(-c3ccc(F)cc3)nc3n2C(CN(C)Cc2cccc(C)c2)CC3)n1. The molecule has 35 heavy (non-hydrogen) atoms. The van der Waals surface area contributed by atoms with Crippen molar-refractivity contribution in [3.63, 3.8) is 0 Å². The van der Waals surface area contributed by atoms with Gasteiger partial charge < -0.3 is 14.8 Å². The van der Waals surface area contributed by atoms with Crippen LogP contribution in [0.15, 0.2) is 60.8 Å². The molecule has 4 aromatic rings. The van der Waals surface area contributed by atoms with Crippen molar-refractivity contribution in [1.29, 1.82) is 0 Å². The maximum absolute atomic E-state index is 13.7. The lowest BCUT2D eigenvalue weighted by molar-refractivity contribution is 0.274. The third-order valence-electron chi connectivity index (χ3n) is 6.46. The minimum absolute atomic E-state index is 0.255. The van der Waals surface area contributed by atoms with Crippen molar-refractivity contribution in [1.82, 2.24) is 24.4 Å². The summed E-state index contributed by atoms with van der Waals surface area (Å²) in [7, 11) is 2.17. The number of hydrogen-bond donors (Lipinski definition) is 1. The van der Waals surface area contributed by atoms with Gasteiger partial charge >= 0.3 is 0 Å². The van der Waals surface area contributed by atoms with E-state index in [0.29, 0.717) is 5.95 Å². The molecule has 1 atom stereocenters. The Bertz CT molecular complexity index is 1310. The molecular weight excluding hydrogens is 439 g/mol. The highest BCUT2D eigenvalue weighted by molar-refractivity contribution is 5.78. The monoisotopic (exact) mass is 470 g/mol. The molecule has 180 valence electrons. The summed E-state index contributed by atoms with van der Waals surface area (Å²) in [4.78, 5) is 16.6. The average molecular weight is 471 g/mol. The lowest BCUT2D eigenvalue weighted by atomic mass is 10.1. The van der Waals surface area contributed by atoms with E-state index in [9.17, 15) is 4.39 Å². The molecule has 2 aromatic carbocycles. The highest BCUT2D eigenvalue weighted by atomic mass is 19.1. The molecule has 1 N–H and O–H groups in total. The van der Waals surface area contributed by atoms with Crippen LogP contribution in [0.1, 0.15) is 36.3 Å². The van der Waals surface area contributed by atoms with Crippen molar-refractivity contribution in [2.45, 2.75) is 39.3 Å². The number of aryl methyl sites for hydroxylation is 2. The molecule has 7 heteroatoms. The summed E-state index contributed by atoms with van der Waals surface area (Å²) in [5, 5.41) is 3.21. The van der Waals surface area contributed by atoms with E-state index in [1.54, 1.807) is 18.3 Å². The van der Waals surface area contributed by atoms with Gasteiger partial charge in [-0.15, -0.1) is 0 Å². The molecule has 1 unspecified atom stereocenters. The van der Waals surface area contributed by atoms with Gasteiger partial charge in [-0.2, -0.15) is 0 Å². The summed E-state index contributed by atoms with van der Waals surface area (Å²) in [5.41, 5.74) is 6.11. The van der Waals surface area contributed by atoms with Gasteiger partial charge in [-0.05, 0) is 63.2 Å². The summed E-state index contributed by atoms with van der Waals surface area (Å²) in [6, 6.07) is 17.4. The van der Waals surface area contributed by atoms with Crippen LogP contribution in [0.25, 0.3) is 22.6 Å². The minimum atomic E-state index is -0.255. The Balaban J connectivity index is 1.52. The number of fused-ring (bicyclic) bond motifs is 1. The number of halogens is 1. The van der Waals surface area contributed by atoms with Crippen molar-refractivity contribution < 1.29 is 4.39 Å². The van der Waals surface area contributed by atoms with Crippen LogP contribution in [-0.2, 0) is 13.0 Å². The van der Waals surface area contributed by atoms with Gasteiger partial charge in [0.1, 0.15) is 11.6 Å². The standard InChI is InChI=1S/C28H31FN6/c1-4-30-28-31-15-14-24(32-28)27-26(21-8-10-22(29)11-9-21)33-25-13-12-23(35(25)27)18-34(3)17-20-7-5-6-19(2)16-20/h5-11,14-16,23H,4,12-13,17-18H2,1-3H3,(H,30,31,32). The first kappa shape index (κ1) is 23.2. The third kappa shape index (κ3) is 4.95. The second-order valence-electron chi connectivity index (χ2n) is 9.28. The van der Waals surface area contributed by atoms with Crippen LogP contribution < -0.4 is 5.32 Å². The van der Waals surface area contributed by atoms with Crippen molar-refractivity contribution >= 4 is 5.95 Å². The number of nitrogens with zero attached hydrogens (tertiary/aromatic N) is 5. The quantitative estimate of drug-likeness (QED) is 0.368. The van der Waals surface area contributed by atoms with E-state index in [0.717, 1.165) is 60.9 Å². The van der Waals surface area contributed by atoms with Gasteiger partial charge in [0, 0.05) is 43.9 Å². The van der Waals surface area contributed by atoms with Crippen LogP contribution in [-0.4, -0.2) is 44.6 Å². The molecule has 3 heterocycles. The summed E-state index contributed by atoms with van der Waals surface area (Å²) < 4.78 is 16.0. The molecule has 1 aliphatic rings. The van der Waals surface area contributed by atoms with Crippen molar-refractivity contribution in [3.05, 3.63) is 83.6 Å². The number of aromatic nitrogens is 4. The fourth-order valence-corrected chi connectivity index (χ4v) is 4.98. The molecule has 0 amide bonds. The molecule has 1 aliphatic heterocycles. The second kappa shape index (κ2) is 9.96. The van der Waals surface area contributed by atoms with E-state index >= 15 is 0 Å². The van der Waals surface area contributed by atoms with E-state index in [-0.39, 0.29) is 11.9 Å². The fraction of sp³-hybridized carbons (Fsp3) is 0.321. The topological polar surface area (TPSA) is 58.9 Å². The van der Waals surface area contributed by atoms with E-state index < -0.39 is 0 Å². The third-order valence-corrected chi connectivity index (χ3v) is 6.46. The van der Waals surface area contributed by atoms with Gasteiger partial charge in [0.15, 0.2) is 0 Å². The first-order valence-corrected chi connectivity index (χ1v) is 12.2. The Morgan fingerprint density at radius 2 is 1.94 bits per heavy atom. The van der Waals surface area contributed by atoms with Crippen LogP contribution in [0.5, 0.6) is 0 Å². The summed E-state index contributed by atoms with van der Waals surface area (Å²) >= 11 is 0. The number of likely N-dealkylation sites (N-methyl/N-ethyl adjacent to an activating group) is 1. The van der Waals surface area contributed by atoms with Crippen LogP contribution in [0.2, 0.25) is 0 Å². The summed E-state index contributed by atoms with van der Waals surface area (Å²) in [5.74, 6) is 1.39. The second-order valence-corrected chi connectivity index (χ2v) is 9.28. The molecule has 6 nitrogen and oxygen atoms in total. The molecule has 0 aliphatic carbocycles. The molecule has 0 saturated heterocycles. The highest BCUT2D eigenvalue weighted by Gasteiger charge is 2.31. The Kier molecular flexibility index (Phi) is 6.59. The number of imidazole rings is 1. The van der Waals surface area contributed by atoms with E-state index in [4.69, 9.17) is 9.97 Å². The molecular formula is C28H31FN6. The molecule has 5 rings (SSSR count). The zero-order valence-corrected chi connectivity index (χ0v) is 20.5. The summed E-state index contributed by atoms with van der Waals surface area (Å²) in [6.07, 6.45) is 3.72. The molecule has 2 aromatic heterocycles. The van der Waals surface area contributed by atoms with E-state index in [2.05, 4.69) is 58.0 Å². The number of hydrogen-bond acceptors (Lipinski definition) is 5. The first-order chi connectivity index (χ1) is 17.0. The number of nitrogens with one attached hydrogen (secondary N) is 1. The van der Waals surface area contributed by atoms with Crippen molar-refractivity contribution in [2.75, 3.05) is 25.5 Å². The predicted octanol–water partition coefficient (Wildman–Crippen LogP) is 5.51. The maximum atomic E-state index is 13.7. The lowest BCUT2D eigenvalue weighted by Gasteiger charge is -2.24. The Hall–Kier alpha value is -3.58. The first-order valence-electron chi connectivity index (χ1n) is 12.2. The number of rotatable bonds is 8. The normalized spacial score (nSPS) is 14.9. The van der Waals surface area contributed by atoms with Gasteiger partial charge in [0.05, 0.1) is 17.1 Å². The number of anilines is 1. The van der Waals surface area contributed by atoms with Crippen LogP contribution >= 0.6 is 0 Å². The van der Waals surface area contributed by atoms with Crippen LogP contribution in [0.4, 0.5) is 10.3 Å². The smallest absolute Gasteiger partial charge is 0.223 e. The summed E-state index contributed by atoms with van der Waals surface area (Å²) in [6.45, 7) is 6.69. The lowest BCUT2D eigenvalue weighted by Crippen LogP contribution is -2.26. The zero-order chi connectivity index (χ0) is 24.4. The predicted molar refractivity (Wildman–Crippen MR) is 138 cm³/mol. The van der Waals surface area contributed by atoms with Crippen LogP contribution in [0, 0.1) is 12.7 Å². The van der Waals surface area contributed by atoms with Gasteiger partial charge in [-0.3, -0.25) is 0 Å². The average Bonchev–Trinajstić information content (AvgIpc) is 3.40. The molecule has 0 radical (unpaired) electrons. The minimum Gasteiger partial charge on any atom is -0.354 e. The van der Waals surface area contributed by atoms with E-state index in [1.807, 2.05) is 13.0 Å². The Labute approximate surface area is 205 Å². The molecule has 0 fully saturated rings. The number of benzene rings is 2. The zero-order valence-electron chi connectivity index (χ0n) is 20.5. The maximum Gasteiger partial charge on any atom is 0.223 e.